The lowest BCUT2D eigenvalue weighted by Gasteiger charge is -2.21. The molecule has 0 unspecified atom stereocenters. The van der Waals surface area contributed by atoms with Crippen LogP contribution in [0.15, 0.2) is 39.6 Å². The number of rotatable bonds is 5. The molecule has 0 amide bonds. The zero-order valence-electron chi connectivity index (χ0n) is 10.8. The maximum absolute atomic E-state index is 10.7. The molecule has 0 atom stereocenters. The topological polar surface area (TPSA) is 53.4 Å². The van der Waals surface area contributed by atoms with Gasteiger partial charge in [0.15, 0.2) is 0 Å². The number of halogens is 1. The lowest BCUT2D eigenvalue weighted by Crippen LogP contribution is -2.17. The van der Waals surface area contributed by atoms with Crippen LogP contribution in [0, 0.1) is 0 Å². The highest BCUT2D eigenvalue weighted by atomic mass is 79.9. The number of carboxylic acid groups (broad SMARTS) is 1. The molecule has 0 spiro atoms. The van der Waals surface area contributed by atoms with E-state index in [1.165, 1.54) is 0 Å². The fourth-order valence-electron chi connectivity index (χ4n) is 1.79. The van der Waals surface area contributed by atoms with Crippen molar-refractivity contribution in [2.45, 2.75) is 6.54 Å². The maximum atomic E-state index is 10.7. The van der Waals surface area contributed by atoms with E-state index in [1.54, 1.807) is 22.9 Å². The van der Waals surface area contributed by atoms with Crippen LogP contribution in [0.25, 0.3) is 6.08 Å². The lowest BCUT2D eigenvalue weighted by molar-refractivity contribution is -0.131. The number of aromatic nitrogens is 1. The summed E-state index contributed by atoms with van der Waals surface area (Å²) in [5.41, 5.74) is 4.60. The van der Waals surface area contributed by atoms with Gasteiger partial charge < -0.3 is 10.0 Å². The molecule has 0 bridgehead atoms. The number of thiazole rings is 1. The molecule has 0 radical (unpaired) electrons. The summed E-state index contributed by atoms with van der Waals surface area (Å²) in [6.45, 7) is 0.674. The minimum atomic E-state index is -0.957. The van der Waals surface area contributed by atoms with Crippen LogP contribution in [-0.2, 0) is 11.3 Å². The van der Waals surface area contributed by atoms with E-state index in [9.17, 15) is 4.79 Å². The number of carboxylic acids is 1. The van der Waals surface area contributed by atoms with E-state index >= 15 is 0 Å². The van der Waals surface area contributed by atoms with Gasteiger partial charge in [0.1, 0.15) is 0 Å². The summed E-state index contributed by atoms with van der Waals surface area (Å²) in [6, 6.07) is 5.74. The van der Waals surface area contributed by atoms with E-state index < -0.39 is 5.97 Å². The highest BCUT2D eigenvalue weighted by Gasteiger charge is 2.08. The summed E-state index contributed by atoms with van der Waals surface area (Å²) in [5, 5.41) is 10.7. The third-order valence-electron chi connectivity index (χ3n) is 2.69. The second kappa shape index (κ2) is 6.67. The van der Waals surface area contributed by atoms with Gasteiger partial charge in [-0.2, -0.15) is 0 Å². The van der Waals surface area contributed by atoms with Crippen LogP contribution in [0.3, 0.4) is 0 Å². The predicted molar refractivity (Wildman–Crippen MR) is 85.0 cm³/mol. The van der Waals surface area contributed by atoms with Crippen molar-refractivity contribution in [3.63, 3.8) is 0 Å². The van der Waals surface area contributed by atoms with Crippen LogP contribution in [0.4, 0.5) is 5.69 Å². The molecule has 20 heavy (non-hydrogen) atoms. The van der Waals surface area contributed by atoms with Gasteiger partial charge in [-0.15, -0.1) is 11.3 Å². The number of carbonyl (C=O) groups is 1. The average molecular weight is 353 g/mol. The smallest absolute Gasteiger partial charge is 0.328 e. The van der Waals surface area contributed by atoms with Crippen molar-refractivity contribution in [2.75, 3.05) is 11.9 Å². The van der Waals surface area contributed by atoms with Gasteiger partial charge in [-0.3, -0.25) is 0 Å². The molecule has 0 aliphatic carbocycles. The Bertz CT molecular complexity index is 626. The fourth-order valence-corrected chi connectivity index (χ4v) is 2.69. The third-order valence-corrected chi connectivity index (χ3v) is 3.82. The molecule has 104 valence electrons. The molecule has 0 fully saturated rings. The molecule has 2 aromatic rings. The van der Waals surface area contributed by atoms with Crippen molar-refractivity contribution >= 4 is 45.0 Å². The van der Waals surface area contributed by atoms with Crippen molar-refractivity contribution in [3.05, 3.63) is 50.9 Å². The zero-order chi connectivity index (χ0) is 14.5. The Kier molecular flexibility index (Phi) is 4.92. The number of hydrogen-bond donors (Lipinski definition) is 1. The first-order chi connectivity index (χ1) is 9.56. The Morgan fingerprint density at radius 2 is 2.35 bits per heavy atom. The monoisotopic (exact) mass is 352 g/mol. The van der Waals surface area contributed by atoms with Crippen LogP contribution >= 0.6 is 27.3 Å². The van der Waals surface area contributed by atoms with Gasteiger partial charge in [0.25, 0.3) is 0 Å². The summed E-state index contributed by atoms with van der Waals surface area (Å²) in [6.07, 6.45) is 2.74. The SMILES string of the molecule is CN(Cc1cscn1)c1cc(Br)ccc1C=CC(=O)O. The Morgan fingerprint density at radius 3 is 3.00 bits per heavy atom. The largest absolute Gasteiger partial charge is 0.478 e. The number of nitrogens with zero attached hydrogens (tertiary/aromatic N) is 2. The lowest BCUT2D eigenvalue weighted by atomic mass is 10.1. The van der Waals surface area contributed by atoms with Crippen molar-refractivity contribution in [1.82, 2.24) is 4.98 Å². The molecule has 1 heterocycles. The molecule has 2 rings (SSSR count). The second-order valence-electron chi connectivity index (χ2n) is 4.21. The quantitative estimate of drug-likeness (QED) is 0.834. The minimum absolute atomic E-state index is 0.674. The standard InChI is InChI=1S/C14H13BrN2O2S/c1-17(7-12-8-20-9-16-12)13-6-11(15)4-2-10(13)3-5-14(18)19/h2-6,8-9H,7H2,1H3,(H,18,19). The van der Waals surface area contributed by atoms with Crippen molar-refractivity contribution in [3.8, 4) is 0 Å². The first-order valence-corrected chi connectivity index (χ1v) is 7.58. The van der Waals surface area contributed by atoms with Crippen LogP contribution < -0.4 is 4.90 Å². The number of benzene rings is 1. The number of anilines is 1. The third kappa shape index (κ3) is 3.91. The number of hydrogen-bond acceptors (Lipinski definition) is 4. The predicted octanol–water partition coefficient (Wildman–Crippen LogP) is 3.64. The van der Waals surface area contributed by atoms with E-state index in [2.05, 4.69) is 20.9 Å². The van der Waals surface area contributed by atoms with E-state index in [-0.39, 0.29) is 0 Å². The van der Waals surface area contributed by atoms with Gasteiger partial charge in [-0.25, -0.2) is 9.78 Å². The maximum Gasteiger partial charge on any atom is 0.328 e. The summed E-state index contributed by atoms with van der Waals surface area (Å²) in [7, 11) is 1.96. The summed E-state index contributed by atoms with van der Waals surface area (Å²) < 4.78 is 0.949. The summed E-state index contributed by atoms with van der Waals surface area (Å²) in [5.74, 6) is -0.957. The normalized spacial score (nSPS) is 10.9. The Labute approximate surface area is 129 Å². The minimum Gasteiger partial charge on any atom is -0.478 e. The molecule has 0 aliphatic rings. The van der Waals surface area contributed by atoms with Crippen molar-refractivity contribution in [1.29, 1.82) is 0 Å². The van der Waals surface area contributed by atoms with Crippen LogP contribution in [0.5, 0.6) is 0 Å². The highest BCUT2D eigenvalue weighted by molar-refractivity contribution is 9.10. The molecule has 4 nitrogen and oxygen atoms in total. The van der Waals surface area contributed by atoms with Gasteiger partial charge in [0, 0.05) is 28.7 Å². The van der Waals surface area contributed by atoms with Gasteiger partial charge in [0.2, 0.25) is 0 Å². The zero-order valence-corrected chi connectivity index (χ0v) is 13.2. The van der Waals surface area contributed by atoms with E-state index in [4.69, 9.17) is 5.11 Å². The summed E-state index contributed by atoms with van der Waals surface area (Å²) >= 11 is 5.00. The van der Waals surface area contributed by atoms with E-state index in [1.807, 2.05) is 35.5 Å². The highest BCUT2D eigenvalue weighted by Crippen LogP contribution is 2.26. The molecular weight excluding hydrogens is 340 g/mol. The van der Waals surface area contributed by atoms with Crippen LogP contribution in [-0.4, -0.2) is 23.1 Å². The second-order valence-corrected chi connectivity index (χ2v) is 5.84. The Hall–Kier alpha value is -1.66. The Balaban J connectivity index is 2.28. The molecule has 0 saturated carbocycles. The molecule has 1 N–H and O–H groups in total. The van der Waals surface area contributed by atoms with Gasteiger partial charge in [-0.05, 0) is 23.8 Å². The van der Waals surface area contributed by atoms with E-state index in [0.717, 1.165) is 27.5 Å². The van der Waals surface area contributed by atoms with Crippen LogP contribution in [0.1, 0.15) is 11.3 Å². The van der Waals surface area contributed by atoms with Gasteiger partial charge >= 0.3 is 5.97 Å². The molecular formula is C14H13BrN2O2S. The molecule has 1 aromatic carbocycles. The van der Waals surface area contributed by atoms with Crippen molar-refractivity contribution in [2.24, 2.45) is 0 Å². The molecule has 6 heteroatoms. The van der Waals surface area contributed by atoms with Crippen LogP contribution in [0.2, 0.25) is 0 Å². The summed E-state index contributed by atoms with van der Waals surface area (Å²) in [4.78, 5) is 17.0. The number of aliphatic carboxylic acids is 1. The van der Waals surface area contributed by atoms with Crippen molar-refractivity contribution < 1.29 is 9.90 Å². The first-order valence-electron chi connectivity index (χ1n) is 5.85. The molecule has 0 saturated heterocycles. The Morgan fingerprint density at radius 1 is 1.55 bits per heavy atom. The average Bonchev–Trinajstić information content (AvgIpc) is 2.89. The first kappa shape index (κ1) is 14.7. The van der Waals surface area contributed by atoms with Gasteiger partial charge in [0.05, 0.1) is 17.7 Å². The fraction of sp³-hybridized carbons (Fsp3) is 0.143. The molecule has 1 aromatic heterocycles. The van der Waals surface area contributed by atoms with E-state index in [0.29, 0.717) is 6.54 Å². The molecule has 0 aliphatic heterocycles. The van der Waals surface area contributed by atoms with Gasteiger partial charge in [-0.1, -0.05) is 22.0 Å².